The van der Waals surface area contributed by atoms with Gasteiger partial charge in [-0.25, -0.2) is 0 Å². The monoisotopic (exact) mass is 646 g/mol. The number of nitrogens with one attached hydrogen (secondary N) is 2. The minimum absolute atomic E-state index is 0.139. The molecule has 0 spiro atoms. The van der Waals surface area contributed by atoms with Crippen LogP contribution in [0.2, 0.25) is 0 Å². The Hall–Kier alpha value is -3.71. The number of benzene rings is 2. The molecule has 2 rings (SSSR count). The molecule has 2 aromatic carbocycles. The van der Waals surface area contributed by atoms with E-state index in [1.807, 2.05) is 82.2 Å². The molecule has 0 saturated heterocycles. The molecular formula is C37H62N2O7. The average Bonchev–Trinajstić information content (AvgIpc) is 3.06. The van der Waals surface area contributed by atoms with Crippen LogP contribution in [-0.2, 0) is 32.1 Å². The third-order valence-electron chi connectivity index (χ3n) is 6.00. The van der Waals surface area contributed by atoms with E-state index in [2.05, 4.69) is 51.7 Å². The lowest BCUT2D eigenvalue weighted by Gasteiger charge is -2.26. The molecule has 262 valence electrons. The Kier molecular flexibility index (Phi) is 38.2. The van der Waals surface area contributed by atoms with Crippen LogP contribution in [0.4, 0.5) is 0 Å². The van der Waals surface area contributed by atoms with Crippen LogP contribution in [-0.4, -0.2) is 65.8 Å². The smallest absolute Gasteiger partial charge is 0.293 e. The van der Waals surface area contributed by atoms with E-state index in [1.54, 1.807) is 6.92 Å². The van der Waals surface area contributed by atoms with E-state index in [0.29, 0.717) is 25.3 Å². The quantitative estimate of drug-likeness (QED) is 0.132. The largest absolute Gasteiger partial charge is 0.462 e. The number of amides is 1. The van der Waals surface area contributed by atoms with E-state index in [1.165, 1.54) is 18.1 Å². The van der Waals surface area contributed by atoms with Gasteiger partial charge in [0.1, 0.15) is 12.9 Å². The maximum absolute atomic E-state index is 12.3. The summed E-state index contributed by atoms with van der Waals surface area (Å²) in [6.07, 6.45) is 5.99. The first-order valence-corrected chi connectivity index (χ1v) is 15.9. The van der Waals surface area contributed by atoms with Gasteiger partial charge in [0.05, 0.1) is 18.8 Å². The van der Waals surface area contributed by atoms with Gasteiger partial charge in [-0.1, -0.05) is 128 Å². The van der Waals surface area contributed by atoms with E-state index in [4.69, 9.17) is 19.7 Å². The van der Waals surface area contributed by atoms with Gasteiger partial charge in [0.25, 0.3) is 12.4 Å². The molecule has 0 bridgehead atoms. The van der Waals surface area contributed by atoms with Crippen LogP contribution >= 0.6 is 0 Å². The Morgan fingerprint density at radius 3 is 1.83 bits per heavy atom. The lowest BCUT2D eigenvalue weighted by atomic mass is 10.0. The van der Waals surface area contributed by atoms with Crippen molar-refractivity contribution >= 4 is 19.2 Å². The second-order valence-electron chi connectivity index (χ2n) is 10.6. The van der Waals surface area contributed by atoms with Crippen LogP contribution in [0.25, 0.3) is 0 Å². The fourth-order valence-electron chi connectivity index (χ4n) is 3.19. The fraction of sp³-hybridized carbons (Fsp3) is 0.541. The molecule has 0 saturated carbocycles. The SMILES string of the molecule is C#CO.C=O.CC.CCC(C)C.CCC(OC=O)C(=O)NC(Cc1ccccc1)C(O)CNCC(C)C.Cc1ccc(CO)cc1. The minimum Gasteiger partial charge on any atom is -0.462 e. The van der Waals surface area contributed by atoms with Crippen molar-refractivity contribution in [2.24, 2.45) is 11.8 Å². The van der Waals surface area contributed by atoms with Gasteiger partial charge in [0, 0.05) is 6.54 Å². The standard InChI is InChI=1S/C19H30N2O4.C8H10O.C5H12.C2H2O.C2H6.CH2O/c1-4-18(25-13-22)19(24)21-16(10-15-8-6-5-7-9-15)17(23)12-20-11-14(2)3;1-7-2-4-8(6-9)5-3-7;1-4-5(2)3;1-2-3;2*1-2/h5-9,13-14,16-18,20,23H,4,10-12H2,1-3H3,(H,21,24);2-5,9H,6H2,1H3;5H,4H2,1-3H3;1,3H;1-2H3;1H2. The number of rotatable bonds is 14. The lowest BCUT2D eigenvalue weighted by Crippen LogP contribution is -2.51. The molecule has 46 heavy (non-hydrogen) atoms. The van der Waals surface area contributed by atoms with Crippen molar-refractivity contribution in [3.8, 4) is 12.5 Å². The molecule has 3 unspecified atom stereocenters. The molecule has 9 heteroatoms. The molecule has 9 nitrogen and oxygen atoms in total. The van der Waals surface area contributed by atoms with Crippen LogP contribution in [0.1, 0.15) is 84.9 Å². The van der Waals surface area contributed by atoms with Crippen LogP contribution in [0, 0.1) is 31.3 Å². The highest BCUT2D eigenvalue weighted by molar-refractivity contribution is 5.82. The Labute approximate surface area is 279 Å². The summed E-state index contributed by atoms with van der Waals surface area (Å²) in [5.41, 5.74) is 3.22. The second kappa shape index (κ2) is 35.8. The summed E-state index contributed by atoms with van der Waals surface area (Å²) in [6.45, 7) is 22.2. The topological polar surface area (TPSA) is 145 Å². The highest BCUT2D eigenvalue weighted by Gasteiger charge is 2.26. The molecule has 3 atom stereocenters. The van der Waals surface area contributed by atoms with Gasteiger partial charge in [-0.3, -0.25) is 9.59 Å². The third kappa shape index (κ3) is 30.3. The van der Waals surface area contributed by atoms with E-state index >= 15 is 0 Å². The van der Waals surface area contributed by atoms with Crippen molar-refractivity contribution in [2.75, 3.05) is 13.1 Å². The number of hydrogen-bond donors (Lipinski definition) is 5. The zero-order valence-electron chi connectivity index (χ0n) is 29.7. The van der Waals surface area contributed by atoms with Crippen LogP contribution < -0.4 is 10.6 Å². The summed E-state index contributed by atoms with van der Waals surface area (Å²) < 4.78 is 4.81. The van der Waals surface area contributed by atoms with Crippen molar-refractivity contribution in [3.05, 3.63) is 71.3 Å². The number of carbonyl (C=O) groups is 3. The van der Waals surface area contributed by atoms with Gasteiger partial charge in [0.15, 0.2) is 6.10 Å². The van der Waals surface area contributed by atoms with Gasteiger partial charge in [-0.05, 0) is 49.3 Å². The number of ether oxygens (including phenoxy) is 1. The van der Waals surface area contributed by atoms with Gasteiger partial charge in [0.2, 0.25) is 0 Å². The van der Waals surface area contributed by atoms with Crippen molar-refractivity contribution in [1.82, 2.24) is 10.6 Å². The second-order valence-corrected chi connectivity index (χ2v) is 10.6. The number of aliphatic hydroxyl groups is 3. The predicted octanol–water partition coefficient (Wildman–Crippen LogP) is 5.60. The molecule has 1 amide bonds. The summed E-state index contributed by atoms with van der Waals surface area (Å²) in [7, 11) is 0. The van der Waals surface area contributed by atoms with Crippen LogP contribution in [0.5, 0.6) is 0 Å². The summed E-state index contributed by atoms with van der Waals surface area (Å²) in [6, 6.07) is 17.0. The summed E-state index contributed by atoms with van der Waals surface area (Å²) in [5, 5.41) is 32.3. The van der Waals surface area contributed by atoms with Crippen molar-refractivity contribution in [1.29, 1.82) is 0 Å². The molecular weight excluding hydrogens is 584 g/mol. The van der Waals surface area contributed by atoms with Crippen molar-refractivity contribution in [3.63, 3.8) is 0 Å². The normalized spacial score (nSPS) is 11.2. The average molecular weight is 647 g/mol. The maximum Gasteiger partial charge on any atom is 0.293 e. The first kappa shape index (κ1) is 49.2. The number of carbonyl (C=O) groups excluding carboxylic acids is 3. The number of aryl methyl sites for hydroxylation is 1. The Morgan fingerprint density at radius 2 is 1.43 bits per heavy atom. The lowest BCUT2D eigenvalue weighted by molar-refractivity contribution is -0.145. The zero-order valence-corrected chi connectivity index (χ0v) is 29.7. The Bertz CT molecular complexity index is 977. The molecule has 0 aliphatic heterocycles. The Morgan fingerprint density at radius 1 is 0.935 bits per heavy atom. The number of hydrogen-bond acceptors (Lipinski definition) is 8. The van der Waals surface area contributed by atoms with E-state index in [0.717, 1.165) is 23.6 Å². The summed E-state index contributed by atoms with van der Waals surface area (Å²) in [5.74, 6) is 0.966. The fourth-order valence-corrected chi connectivity index (χ4v) is 3.19. The first-order valence-electron chi connectivity index (χ1n) is 15.9. The number of terminal acetylenes is 1. The molecule has 0 radical (unpaired) electrons. The van der Waals surface area contributed by atoms with Gasteiger partial charge >= 0.3 is 0 Å². The summed E-state index contributed by atoms with van der Waals surface area (Å²) in [4.78, 5) is 30.9. The molecule has 0 fully saturated rings. The predicted molar refractivity (Wildman–Crippen MR) is 188 cm³/mol. The van der Waals surface area contributed by atoms with Crippen LogP contribution in [0.15, 0.2) is 54.6 Å². The highest BCUT2D eigenvalue weighted by atomic mass is 16.5. The molecule has 0 heterocycles. The third-order valence-corrected chi connectivity index (χ3v) is 6.00. The highest BCUT2D eigenvalue weighted by Crippen LogP contribution is 2.08. The van der Waals surface area contributed by atoms with E-state index < -0.39 is 24.2 Å². The van der Waals surface area contributed by atoms with Gasteiger partial charge in [-0.2, -0.15) is 0 Å². The van der Waals surface area contributed by atoms with E-state index in [9.17, 15) is 14.7 Å². The molecule has 0 aromatic heterocycles. The molecule has 0 aliphatic rings. The zero-order chi connectivity index (χ0) is 36.3. The van der Waals surface area contributed by atoms with Gasteiger partial charge in [-0.15, -0.1) is 0 Å². The molecule has 5 N–H and O–H groups in total. The van der Waals surface area contributed by atoms with E-state index in [-0.39, 0.29) is 13.1 Å². The maximum atomic E-state index is 12.3. The van der Waals surface area contributed by atoms with Crippen molar-refractivity contribution in [2.45, 2.75) is 106 Å². The number of aliphatic hydroxyl groups excluding tert-OH is 3. The summed E-state index contributed by atoms with van der Waals surface area (Å²) >= 11 is 0. The Balaban J connectivity index is -0.000000341. The van der Waals surface area contributed by atoms with Crippen LogP contribution in [0.3, 0.4) is 0 Å². The minimum atomic E-state index is -0.841. The first-order chi connectivity index (χ1) is 22.0. The molecule has 2 aromatic rings. The molecule has 0 aliphatic carbocycles. The van der Waals surface area contributed by atoms with Gasteiger partial charge < -0.3 is 35.5 Å². The van der Waals surface area contributed by atoms with Crippen molar-refractivity contribution < 1.29 is 34.4 Å².